The number of aliphatic carboxylic acids is 1. The fraction of sp³-hybridized carbons (Fsp3) is 0.385. The lowest BCUT2D eigenvalue weighted by Crippen LogP contribution is -2.30. The van der Waals surface area contributed by atoms with E-state index >= 15 is 0 Å². The number of amides is 2. The van der Waals surface area contributed by atoms with Crippen LogP contribution in [0.3, 0.4) is 0 Å². The molecule has 3 N–H and O–H groups in total. The lowest BCUT2D eigenvalue weighted by atomic mass is 10.2. The number of carboxylic acids is 1. The minimum atomic E-state index is -4.51. The Hall–Kier alpha value is -2.65. The van der Waals surface area contributed by atoms with Crippen molar-refractivity contribution in [2.24, 2.45) is 0 Å². The summed E-state index contributed by atoms with van der Waals surface area (Å²) in [6, 6.07) is 3.20. The van der Waals surface area contributed by atoms with Gasteiger partial charge in [0.15, 0.2) is 18.1 Å². The van der Waals surface area contributed by atoms with Crippen LogP contribution >= 0.6 is 0 Å². The van der Waals surface area contributed by atoms with Crippen LogP contribution in [0.25, 0.3) is 0 Å². The molecule has 128 valence electrons. The van der Waals surface area contributed by atoms with Crippen molar-refractivity contribution in [1.82, 2.24) is 5.32 Å². The maximum atomic E-state index is 12.2. The number of anilines is 1. The number of ether oxygens (including phenoxy) is 2. The minimum Gasteiger partial charge on any atom is -0.493 e. The Kier molecular flexibility index (Phi) is 6.49. The summed E-state index contributed by atoms with van der Waals surface area (Å²) in [7, 11) is 1.27. The smallest absolute Gasteiger partial charge is 0.422 e. The standard InChI is InChI=1S/C13H15F3N2O5/c1-22-9-3-2-8(6-10(9)23-7-13(14,15)16)18-12(21)17-5-4-11(19)20/h2-3,6H,4-5,7H2,1H3,(H,19,20)(H2,17,18,21). The third-order valence-corrected chi connectivity index (χ3v) is 2.44. The number of alkyl halides is 3. The predicted octanol–water partition coefficient (Wildman–Crippen LogP) is 2.23. The average Bonchev–Trinajstić information content (AvgIpc) is 2.44. The average molecular weight is 336 g/mol. The third kappa shape index (κ3) is 7.25. The number of nitrogens with one attached hydrogen (secondary N) is 2. The highest BCUT2D eigenvalue weighted by atomic mass is 19.4. The molecule has 1 rings (SSSR count). The van der Waals surface area contributed by atoms with Gasteiger partial charge in [0, 0.05) is 18.3 Å². The highest BCUT2D eigenvalue weighted by Gasteiger charge is 2.29. The van der Waals surface area contributed by atoms with Gasteiger partial charge >= 0.3 is 18.2 Å². The van der Waals surface area contributed by atoms with Crippen LogP contribution in [-0.2, 0) is 4.79 Å². The summed E-state index contributed by atoms with van der Waals surface area (Å²) < 4.78 is 46.1. The predicted molar refractivity (Wildman–Crippen MR) is 73.8 cm³/mol. The molecule has 0 aliphatic rings. The number of hydrogen-bond donors (Lipinski definition) is 3. The van der Waals surface area contributed by atoms with Crippen molar-refractivity contribution in [3.8, 4) is 11.5 Å². The summed E-state index contributed by atoms with van der Waals surface area (Å²) in [5.74, 6) is -1.18. The largest absolute Gasteiger partial charge is 0.493 e. The van der Waals surface area contributed by atoms with Gasteiger partial charge in [0.05, 0.1) is 13.5 Å². The number of rotatable bonds is 7. The van der Waals surface area contributed by atoms with E-state index in [0.717, 1.165) is 0 Å². The zero-order valence-corrected chi connectivity index (χ0v) is 12.1. The fourth-order valence-electron chi connectivity index (χ4n) is 1.49. The molecule has 0 saturated carbocycles. The molecule has 0 atom stereocenters. The Morgan fingerprint density at radius 3 is 2.52 bits per heavy atom. The molecule has 1 aromatic rings. The van der Waals surface area contributed by atoms with Crippen molar-refractivity contribution >= 4 is 17.7 Å². The Labute approximate surface area is 129 Å². The maximum Gasteiger partial charge on any atom is 0.422 e. The number of urea groups is 1. The second kappa shape index (κ2) is 8.11. The molecule has 0 radical (unpaired) electrons. The first kappa shape index (κ1) is 18.4. The van der Waals surface area contributed by atoms with Crippen LogP contribution in [0, 0.1) is 0 Å². The van der Waals surface area contributed by atoms with Gasteiger partial charge in [-0.15, -0.1) is 0 Å². The highest BCUT2D eigenvalue weighted by Crippen LogP contribution is 2.31. The molecule has 2 amide bonds. The minimum absolute atomic E-state index is 0.0751. The van der Waals surface area contributed by atoms with Gasteiger partial charge in [-0.1, -0.05) is 0 Å². The quantitative estimate of drug-likeness (QED) is 0.709. The van der Waals surface area contributed by atoms with Crippen LogP contribution in [0.2, 0.25) is 0 Å². The summed E-state index contributed by atoms with van der Waals surface area (Å²) in [4.78, 5) is 21.8. The second-order valence-corrected chi connectivity index (χ2v) is 4.29. The zero-order valence-electron chi connectivity index (χ0n) is 12.1. The molecule has 7 nitrogen and oxygen atoms in total. The summed E-state index contributed by atoms with van der Waals surface area (Å²) in [6.45, 7) is -1.59. The van der Waals surface area contributed by atoms with Crippen LogP contribution in [0.4, 0.5) is 23.7 Å². The highest BCUT2D eigenvalue weighted by molar-refractivity contribution is 5.89. The Balaban J connectivity index is 2.69. The first-order valence-electron chi connectivity index (χ1n) is 6.35. The Morgan fingerprint density at radius 1 is 1.26 bits per heavy atom. The Morgan fingerprint density at radius 2 is 1.96 bits per heavy atom. The van der Waals surface area contributed by atoms with Crippen molar-refractivity contribution < 1.29 is 37.3 Å². The molecule has 0 aromatic heterocycles. The van der Waals surface area contributed by atoms with Crippen LogP contribution in [0.1, 0.15) is 6.42 Å². The van der Waals surface area contributed by atoms with Gasteiger partial charge in [0.1, 0.15) is 0 Å². The topological polar surface area (TPSA) is 96.9 Å². The molecule has 0 heterocycles. The second-order valence-electron chi connectivity index (χ2n) is 4.29. The lowest BCUT2D eigenvalue weighted by molar-refractivity contribution is -0.153. The van der Waals surface area contributed by atoms with E-state index in [2.05, 4.69) is 15.4 Å². The van der Waals surface area contributed by atoms with Gasteiger partial charge < -0.3 is 25.2 Å². The van der Waals surface area contributed by atoms with E-state index in [1.54, 1.807) is 0 Å². The molecule has 23 heavy (non-hydrogen) atoms. The number of hydrogen-bond acceptors (Lipinski definition) is 4. The van der Waals surface area contributed by atoms with Crippen molar-refractivity contribution in [2.75, 3.05) is 25.6 Å². The lowest BCUT2D eigenvalue weighted by Gasteiger charge is -2.14. The summed E-state index contributed by atoms with van der Waals surface area (Å²) in [6.07, 6.45) is -4.77. The van der Waals surface area contributed by atoms with Crippen LogP contribution in [-0.4, -0.2) is 43.5 Å². The van der Waals surface area contributed by atoms with Gasteiger partial charge in [-0.25, -0.2) is 4.79 Å². The zero-order chi connectivity index (χ0) is 17.5. The fourth-order valence-corrected chi connectivity index (χ4v) is 1.49. The van der Waals surface area contributed by atoms with E-state index in [0.29, 0.717) is 0 Å². The van der Waals surface area contributed by atoms with Gasteiger partial charge in [-0.2, -0.15) is 13.2 Å². The van der Waals surface area contributed by atoms with E-state index in [4.69, 9.17) is 9.84 Å². The third-order valence-electron chi connectivity index (χ3n) is 2.44. The number of halogens is 3. The molecule has 1 aromatic carbocycles. The molecular formula is C13H15F3N2O5. The van der Waals surface area contributed by atoms with Gasteiger partial charge in [0.2, 0.25) is 0 Å². The molecule has 0 bridgehead atoms. The van der Waals surface area contributed by atoms with Gasteiger partial charge in [0.25, 0.3) is 0 Å². The molecule has 0 saturated heterocycles. The molecule has 10 heteroatoms. The number of carbonyl (C=O) groups excluding carboxylic acids is 1. The molecule has 0 unspecified atom stereocenters. The van der Waals surface area contributed by atoms with E-state index in [9.17, 15) is 22.8 Å². The van der Waals surface area contributed by atoms with E-state index in [1.165, 1.54) is 25.3 Å². The molecule has 0 aliphatic carbocycles. The monoisotopic (exact) mass is 336 g/mol. The first-order valence-corrected chi connectivity index (χ1v) is 6.35. The van der Waals surface area contributed by atoms with Crippen molar-refractivity contribution in [3.05, 3.63) is 18.2 Å². The first-order chi connectivity index (χ1) is 10.7. The van der Waals surface area contributed by atoms with Crippen molar-refractivity contribution in [1.29, 1.82) is 0 Å². The van der Waals surface area contributed by atoms with Crippen molar-refractivity contribution in [3.63, 3.8) is 0 Å². The number of methoxy groups -OCH3 is 1. The van der Waals surface area contributed by atoms with E-state index < -0.39 is 24.8 Å². The van der Waals surface area contributed by atoms with Crippen LogP contribution < -0.4 is 20.1 Å². The van der Waals surface area contributed by atoms with Gasteiger partial charge in [-0.05, 0) is 12.1 Å². The number of carboxylic acid groups (broad SMARTS) is 1. The van der Waals surface area contributed by atoms with E-state index in [1.807, 2.05) is 0 Å². The summed E-state index contributed by atoms with van der Waals surface area (Å²) in [5, 5.41) is 13.1. The molecule has 0 spiro atoms. The molecular weight excluding hydrogens is 321 g/mol. The van der Waals surface area contributed by atoms with Gasteiger partial charge in [-0.3, -0.25) is 4.79 Å². The van der Waals surface area contributed by atoms with Crippen LogP contribution in [0.5, 0.6) is 11.5 Å². The number of benzene rings is 1. The normalized spacial score (nSPS) is 10.8. The SMILES string of the molecule is COc1ccc(NC(=O)NCCC(=O)O)cc1OCC(F)(F)F. The maximum absolute atomic E-state index is 12.2. The number of carbonyl (C=O) groups is 2. The van der Waals surface area contributed by atoms with Crippen molar-refractivity contribution in [2.45, 2.75) is 12.6 Å². The van der Waals surface area contributed by atoms with E-state index in [-0.39, 0.29) is 30.2 Å². The summed E-state index contributed by atoms with van der Waals surface area (Å²) >= 11 is 0. The molecule has 0 aliphatic heterocycles. The molecule has 0 fully saturated rings. The van der Waals surface area contributed by atoms with Crippen LogP contribution in [0.15, 0.2) is 18.2 Å². The Bertz CT molecular complexity index is 563. The summed E-state index contributed by atoms with van der Waals surface area (Å²) in [5.41, 5.74) is 0.163.